The molecule has 90 valence electrons. The molecule has 3 nitrogen and oxygen atoms in total. The van der Waals surface area contributed by atoms with Gasteiger partial charge in [0.1, 0.15) is 0 Å². The number of nitriles is 1. The number of benzene rings is 1. The third-order valence-corrected chi connectivity index (χ3v) is 2.31. The lowest BCUT2D eigenvalue weighted by molar-refractivity contribution is -0.139. The highest BCUT2D eigenvalue weighted by Gasteiger charge is 2.37. The summed E-state index contributed by atoms with van der Waals surface area (Å²) in [7, 11) is 0. The second-order valence-corrected chi connectivity index (χ2v) is 3.54. The molecule has 17 heavy (non-hydrogen) atoms. The second kappa shape index (κ2) is 4.63. The van der Waals surface area contributed by atoms with Crippen molar-refractivity contribution in [2.75, 3.05) is 0 Å². The van der Waals surface area contributed by atoms with Gasteiger partial charge in [0.05, 0.1) is 28.6 Å². The fraction of sp³-hybridized carbons (Fsp3) is 0.200. The van der Waals surface area contributed by atoms with Crippen molar-refractivity contribution < 1.29 is 23.1 Å². The largest absolute Gasteiger partial charge is 0.481 e. The van der Waals surface area contributed by atoms with Crippen molar-refractivity contribution in [2.45, 2.75) is 12.6 Å². The number of hydrogen-bond donors (Lipinski definition) is 1. The molecule has 0 spiro atoms. The summed E-state index contributed by atoms with van der Waals surface area (Å²) >= 11 is 5.40. The van der Waals surface area contributed by atoms with Gasteiger partial charge >= 0.3 is 12.1 Å². The van der Waals surface area contributed by atoms with Crippen molar-refractivity contribution >= 4 is 17.6 Å². The van der Waals surface area contributed by atoms with Crippen LogP contribution in [0.1, 0.15) is 16.7 Å². The molecule has 0 radical (unpaired) electrons. The molecule has 0 atom stereocenters. The molecule has 1 N–H and O–H groups in total. The maximum atomic E-state index is 12.7. The number of rotatable bonds is 2. The average molecular weight is 264 g/mol. The van der Waals surface area contributed by atoms with Crippen LogP contribution in [0.15, 0.2) is 12.1 Å². The molecule has 0 aromatic heterocycles. The van der Waals surface area contributed by atoms with Gasteiger partial charge in [-0.05, 0) is 17.7 Å². The predicted octanol–water partition coefficient (Wildman–Crippen LogP) is 2.86. The van der Waals surface area contributed by atoms with Crippen LogP contribution in [0.4, 0.5) is 13.2 Å². The van der Waals surface area contributed by atoms with Gasteiger partial charge in [-0.2, -0.15) is 18.4 Å². The zero-order chi connectivity index (χ0) is 13.2. The van der Waals surface area contributed by atoms with Crippen LogP contribution in [0, 0.1) is 11.3 Å². The van der Waals surface area contributed by atoms with Crippen LogP contribution in [0.25, 0.3) is 0 Å². The summed E-state index contributed by atoms with van der Waals surface area (Å²) in [5, 5.41) is 16.6. The molecule has 0 heterocycles. The van der Waals surface area contributed by atoms with E-state index in [1.165, 1.54) is 6.07 Å². The Labute approximate surface area is 99.0 Å². The number of nitrogens with zero attached hydrogens (tertiary/aromatic N) is 1. The summed E-state index contributed by atoms with van der Waals surface area (Å²) in [6, 6.07) is 3.51. The Morgan fingerprint density at radius 2 is 2.06 bits per heavy atom. The van der Waals surface area contributed by atoms with E-state index in [2.05, 4.69) is 0 Å². The molecule has 7 heteroatoms. The monoisotopic (exact) mass is 263 g/mol. The van der Waals surface area contributed by atoms with Crippen LogP contribution in [-0.4, -0.2) is 11.1 Å². The van der Waals surface area contributed by atoms with Crippen LogP contribution in [0.2, 0.25) is 5.02 Å². The number of halogens is 4. The van der Waals surface area contributed by atoms with E-state index < -0.39 is 34.7 Å². The third-order valence-electron chi connectivity index (χ3n) is 1.99. The lowest BCUT2D eigenvalue weighted by atomic mass is 9.98. The Balaban J connectivity index is 3.55. The molecule has 0 aliphatic heterocycles. The number of carboxylic acid groups (broad SMARTS) is 1. The Bertz CT molecular complexity index is 505. The summed E-state index contributed by atoms with van der Waals surface area (Å²) in [4.78, 5) is 10.5. The van der Waals surface area contributed by atoms with E-state index in [0.717, 1.165) is 12.1 Å². The quantitative estimate of drug-likeness (QED) is 0.892. The molecule has 1 rings (SSSR count). The Morgan fingerprint density at radius 3 is 2.47 bits per heavy atom. The van der Waals surface area contributed by atoms with E-state index in [1.807, 2.05) is 0 Å². The minimum atomic E-state index is -4.80. The Morgan fingerprint density at radius 1 is 1.47 bits per heavy atom. The molecule has 0 unspecified atom stereocenters. The lowest BCUT2D eigenvalue weighted by Gasteiger charge is -2.14. The van der Waals surface area contributed by atoms with E-state index in [0.29, 0.717) is 0 Å². The second-order valence-electron chi connectivity index (χ2n) is 3.13. The summed E-state index contributed by atoms with van der Waals surface area (Å²) in [6.07, 6.45) is -5.70. The maximum Gasteiger partial charge on any atom is 0.418 e. The highest BCUT2D eigenvalue weighted by molar-refractivity contribution is 6.31. The normalized spacial score (nSPS) is 11.0. The van der Waals surface area contributed by atoms with Crippen molar-refractivity contribution in [3.8, 4) is 6.07 Å². The van der Waals surface area contributed by atoms with Crippen molar-refractivity contribution in [1.29, 1.82) is 5.26 Å². The molecule has 0 bridgehead atoms. The van der Waals surface area contributed by atoms with Gasteiger partial charge in [-0.3, -0.25) is 4.79 Å². The number of carboxylic acids is 1. The van der Waals surface area contributed by atoms with Gasteiger partial charge in [0, 0.05) is 0 Å². The standard InChI is InChI=1S/C10H5ClF3NO2/c11-7-2-1-5(4-15)6(3-8(16)17)9(7)10(12,13)14/h1-2H,3H2,(H,16,17). The van der Waals surface area contributed by atoms with Gasteiger partial charge < -0.3 is 5.11 Å². The zero-order valence-electron chi connectivity index (χ0n) is 8.18. The first-order valence-electron chi connectivity index (χ1n) is 4.28. The molecule has 0 saturated heterocycles. The van der Waals surface area contributed by atoms with Gasteiger partial charge in [0.2, 0.25) is 0 Å². The van der Waals surface area contributed by atoms with Gasteiger partial charge in [0.25, 0.3) is 0 Å². The van der Waals surface area contributed by atoms with Crippen LogP contribution in [-0.2, 0) is 17.4 Å². The molecule has 0 fully saturated rings. The average Bonchev–Trinajstić information content (AvgIpc) is 2.15. The minimum Gasteiger partial charge on any atom is -0.481 e. The molecule has 0 aliphatic rings. The van der Waals surface area contributed by atoms with Crippen molar-refractivity contribution in [1.82, 2.24) is 0 Å². The number of aliphatic carboxylic acids is 1. The molecular weight excluding hydrogens is 259 g/mol. The van der Waals surface area contributed by atoms with E-state index in [9.17, 15) is 18.0 Å². The Kier molecular flexibility index (Phi) is 3.63. The van der Waals surface area contributed by atoms with E-state index >= 15 is 0 Å². The fourth-order valence-corrected chi connectivity index (χ4v) is 1.65. The van der Waals surface area contributed by atoms with Gasteiger partial charge in [0.15, 0.2) is 0 Å². The predicted molar refractivity (Wildman–Crippen MR) is 52.5 cm³/mol. The summed E-state index contributed by atoms with van der Waals surface area (Å²) < 4.78 is 38.1. The molecule has 0 aliphatic carbocycles. The highest BCUT2D eigenvalue weighted by atomic mass is 35.5. The van der Waals surface area contributed by atoms with Gasteiger partial charge in [-0.25, -0.2) is 0 Å². The Hall–Kier alpha value is -1.74. The fourth-order valence-electron chi connectivity index (χ4n) is 1.37. The minimum absolute atomic E-state index is 0.343. The lowest BCUT2D eigenvalue weighted by Crippen LogP contribution is -2.14. The van der Waals surface area contributed by atoms with Crippen LogP contribution >= 0.6 is 11.6 Å². The van der Waals surface area contributed by atoms with Gasteiger partial charge in [-0.1, -0.05) is 11.6 Å². The van der Waals surface area contributed by atoms with Crippen molar-refractivity contribution in [3.63, 3.8) is 0 Å². The van der Waals surface area contributed by atoms with E-state index in [1.54, 1.807) is 0 Å². The molecule has 0 saturated carbocycles. The summed E-state index contributed by atoms with van der Waals surface area (Å²) in [5.74, 6) is -1.46. The third kappa shape index (κ3) is 2.88. The number of alkyl halides is 3. The first-order chi connectivity index (χ1) is 7.77. The first-order valence-corrected chi connectivity index (χ1v) is 4.65. The topological polar surface area (TPSA) is 61.1 Å². The summed E-state index contributed by atoms with van der Waals surface area (Å²) in [5.41, 5.74) is -2.22. The summed E-state index contributed by atoms with van der Waals surface area (Å²) in [6.45, 7) is 0. The first kappa shape index (κ1) is 13.3. The molecular formula is C10H5ClF3NO2. The molecule has 1 aromatic rings. The van der Waals surface area contributed by atoms with Gasteiger partial charge in [-0.15, -0.1) is 0 Å². The van der Waals surface area contributed by atoms with Crippen LogP contribution in [0.5, 0.6) is 0 Å². The zero-order valence-corrected chi connectivity index (χ0v) is 8.93. The van der Waals surface area contributed by atoms with E-state index in [4.69, 9.17) is 22.0 Å². The van der Waals surface area contributed by atoms with Crippen LogP contribution < -0.4 is 0 Å². The maximum absolute atomic E-state index is 12.7. The number of carbonyl (C=O) groups is 1. The van der Waals surface area contributed by atoms with Crippen molar-refractivity contribution in [3.05, 3.63) is 33.8 Å². The van der Waals surface area contributed by atoms with E-state index in [-0.39, 0.29) is 5.56 Å². The smallest absolute Gasteiger partial charge is 0.418 e. The van der Waals surface area contributed by atoms with Crippen LogP contribution in [0.3, 0.4) is 0 Å². The molecule has 0 amide bonds. The highest BCUT2D eigenvalue weighted by Crippen LogP contribution is 2.38. The molecule has 1 aromatic carbocycles. The SMILES string of the molecule is N#Cc1ccc(Cl)c(C(F)(F)F)c1CC(=O)O. The van der Waals surface area contributed by atoms with Crippen molar-refractivity contribution in [2.24, 2.45) is 0 Å². The number of hydrogen-bond acceptors (Lipinski definition) is 2.